The van der Waals surface area contributed by atoms with Crippen LogP contribution in [-0.2, 0) is 9.47 Å². The van der Waals surface area contributed by atoms with Crippen molar-refractivity contribution < 1.29 is 9.47 Å². The number of ether oxygens (including phenoxy) is 2. The van der Waals surface area contributed by atoms with Crippen molar-refractivity contribution in [3.05, 3.63) is 0 Å². The molecule has 1 spiro atoms. The van der Waals surface area contributed by atoms with Crippen LogP contribution in [0, 0.1) is 5.92 Å². The zero-order chi connectivity index (χ0) is 14.0. The first kappa shape index (κ1) is 14.8. The predicted octanol–water partition coefficient (Wildman–Crippen LogP) is 1.99. The molecule has 0 aromatic heterocycles. The lowest BCUT2D eigenvalue weighted by Gasteiger charge is -2.48. The third-order valence-corrected chi connectivity index (χ3v) is 5.60. The van der Waals surface area contributed by atoms with Gasteiger partial charge in [0.1, 0.15) is 0 Å². The molecule has 1 N–H and O–H groups in total. The number of hydrogen-bond donors (Lipinski definition) is 1. The molecule has 0 aromatic rings. The topological polar surface area (TPSA) is 33.7 Å². The van der Waals surface area contributed by atoms with Gasteiger partial charge in [-0.3, -0.25) is 4.90 Å². The number of rotatable bonds is 3. The largest absolute Gasteiger partial charge is 0.347 e. The van der Waals surface area contributed by atoms with Crippen LogP contribution in [0.2, 0.25) is 0 Å². The second-order valence-electron chi connectivity index (χ2n) is 6.72. The van der Waals surface area contributed by atoms with E-state index in [9.17, 15) is 0 Å². The van der Waals surface area contributed by atoms with Crippen LogP contribution in [0.1, 0.15) is 45.4 Å². The Morgan fingerprint density at radius 1 is 1.25 bits per heavy atom. The molecule has 3 fully saturated rings. The first-order valence-electron chi connectivity index (χ1n) is 8.45. The summed E-state index contributed by atoms with van der Waals surface area (Å²) >= 11 is 0. The third-order valence-electron chi connectivity index (χ3n) is 5.60. The molecule has 3 aliphatic rings. The molecular weight excluding hydrogens is 252 g/mol. The van der Waals surface area contributed by atoms with Crippen LogP contribution in [0.3, 0.4) is 0 Å². The summed E-state index contributed by atoms with van der Waals surface area (Å²) in [6.45, 7) is 6.38. The summed E-state index contributed by atoms with van der Waals surface area (Å²) in [6.07, 6.45) is 7.30. The van der Waals surface area contributed by atoms with Crippen molar-refractivity contribution in [1.29, 1.82) is 0 Å². The fraction of sp³-hybridized carbons (Fsp3) is 1.00. The molecule has 4 heteroatoms. The first-order valence-corrected chi connectivity index (χ1v) is 8.45. The summed E-state index contributed by atoms with van der Waals surface area (Å²) in [4.78, 5) is 2.71. The van der Waals surface area contributed by atoms with Gasteiger partial charge in [-0.15, -0.1) is 0 Å². The molecule has 2 aliphatic heterocycles. The third kappa shape index (κ3) is 2.89. The van der Waals surface area contributed by atoms with E-state index in [1.54, 1.807) is 0 Å². The van der Waals surface area contributed by atoms with Crippen LogP contribution in [0.25, 0.3) is 0 Å². The molecular formula is C16H30N2O2. The Morgan fingerprint density at radius 3 is 2.75 bits per heavy atom. The Labute approximate surface area is 123 Å². The molecule has 0 radical (unpaired) electrons. The molecule has 3 unspecified atom stereocenters. The summed E-state index contributed by atoms with van der Waals surface area (Å²) in [7, 11) is 2.10. The summed E-state index contributed by atoms with van der Waals surface area (Å²) in [5.41, 5.74) is 0. The van der Waals surface area contributed by atoms with E-state index in [1.165, 1.54) is 32.4 Å². The van der Waals surface area contributed by atoms with Crippen LogP contribution < -0.4 is 5.32 Å². The molecule has 2 saturated heterocycles. The van der Waals surface area contributed by atoms with Crippen LogP contribution >= 0.6 is 0 Å². The van der Waals surface area contributed by atoms with Crippen LogP contribution in [0.5, 0.6) is 0 Å². The zero-order valence-electron chi connectivity index (χ0n) is 13.1. The molecule has 1 saturated carbocycles. The minimum Gasteiger partial charge on any atom is -0.347 e. The van der Waals surface area contributed by atoms with Crippen LogP contribution in [0.4, 0.5) is 0 Å². The molecule has 116 valence electrons. The van der Waals surface area contributed by atoms with Gasteiger partial charge in [0.05, 0.1) is 13.2 Å². The second-order valence-corrected chi connectivity index (χ2v) is 6.72. The van der Waals surface area contributed by atoms with E-state index < -0.39 is 0 Å². The highest BCUT2D eigenvalue weighted by Crippen LogP contribution is 2.39. The molecule has 4 nitrogen and oxygen atoms in total. The van der Waals surface area contributed by atoms with Crippen molar-refractivity contribution in [3.8, 4) is 0 Å². The average Bonchev–Trinajstić information content (AvgIpc) is 2.95. The predicted molar refractivity (Wildman–Crippen MR) is 79.7 cm³/mol. The molecule has 3 atom stereocenters. The highest BCUT2D eigenvalue weighted by Gasteiger charge is 2.46. The Balaban J connectivity index is 1.70. The molecule has 0 bridgehead atoms. The minimum atomic E-state index is -0.267. The summed E-state index contributed by atoms with van der Waals surface area (Å²) in [5, 5.41) is 3.54. The van der Waals surface area contributed by atoms with E-state index in [1.807, 2.05) is 0 Å². The number of hydrogen-bond acceptors (Lipinski definition) is 4. The lowest BCUT2D eigenvalue weighted by Crippen LogP contribution is -2.58. The first-order chi connectivity index (χ1) is 9.76. The van der Waals surface area contributed by atoms with E-state index in [0.717, 1.165) is 38.4 Å². The Kier molecular flexibility index (Phi) is 4.65. The van der Waals surface area contributed by atoms with Gasteiger partial charge in [-0.05, 0) is 38.8 Å². The molecule has 0 aromatic carbocycles. The van der Waals surface area contributed by atoms with Crippen LogP contribution in [-0.4, -0.2) is 56.1 Å². The lowest BCUT2D eigenvalue weighted by atomic mass is 9.82. The fourth-order valence-corrected chi connectivity index (χ4v) is 4.34. The normalized spacial score (nSPS) is 38.4. The highest BCUT2D eigenvalue weighted by atomic mass is 16.7. The van der Waals surface area contributed by atoms with Gasteiger partial charge in [0.25, 0.3) is 0 Å². The van der Waals surface area contributed by atoms with Crippen molar-refractivity contribution in [2.75, 3.05) is 33.4 Å². The second kappa shape index (κ2) is 6.30. The van der Waals surface area contributed by atoms with Gasteiger partial charge < -0.3 is 14.8 Å². The smallest absolute Gasteiger partial charge is 0.170 e. The molecule has 20 heavy (non-hydrogen) atoms. The van der Waals surface area contributed by atoms with E-state index >= 15 is 0 Å². The van der Waals surface area contributed by atoms with Crippen LogP contribution in [0.15, 0.2) is 0 Å². The average molecular weight is 282 g/mol. The maximum Gasteiger partial charge on any atom is 0.170 e. The van der Waals surface area contributed by atoms with Gasteiger partial charge in [0.2, 0.25) is 0 Å². The number of likely N-dealkylation sites (N-methyl/N-ethyl adjacent to an activating group) is 1. The Hall–Kier alpha value is -0.160. The minimum absolute atomic E-state index is 0.267. The van der Waals surface area contributed by atoms with E-state index in [2.05, 4.69) is 24.2 Å². The Bertz CT molecular complexity index is 318. The standard InChI is InChI=1S/C16H30N2O2/c1-3-13-5-4-8-18(12-13)15-11-16(19-9-10-20-16)7-6-14(15)17-2/h13-15,17H,3-12H2,1-2H3. The Morgan fingerprint density at radius 2 is 2.05 bits per heavy atom. The van der Waals surface area contributed by atoms with Gasteiger partial charge in [-0.1, -0.05) is 13.3 Å². The molecule has 2 heterocycles. The monoisotopic (exact) mass is 282 g/mol. The van der Waals surface area contributed by atoms with Crippen molar-refractivity contribution in [2.45, 2.75) is 63.3 Å². The summed E-state index contributed by atoms with van der Waals surface area (Å²) < 4.78 is 11.9. The van der Waals surface area contributed by atoms with Gasteiger partial charge in [-0.25, -0.2) is 0 Å². The van der Waals surface area contributed by atoms with Gasteiger partial charge >= 0.3 is 0 Å². The van der Waals surface area contributed by atoms with Gasteiger partial charge in [0.15, 0.2) is 5.79 Å². The van der Waals surface area contributed by atoms with Gasteiger partial charge in [0, 0.05) is 31.5 Å². The summed E-state index contributed by atoms with van der Waals surface area (Å²) in [5.74, 6) is 0.613. The number of piperidine rings is 1. The quantitative estimate of drug-likeness (QED) is 0.858. The SMILES string of the molecule is CCC1CCCN(C2CC3(CCC2NC)OCCO3)C1. The molecule has 1 aliphatic carbocycles. The molecule has 0 amide bonds. The van der Waals surface area contributed by atoms with E-state index in [4.69, 9.17) is 9.47 Å². The van der Waals surface area contributed by atoms with E-state index in [0.29, 0.717) is 12.1 Å². The van der Waals surface area contributed by atoms with E-state index in [-0.39, 0.29) is 5.79 Å². The zero-order valence-corrected chi connectivity index (χ0v) is 13.1. The van der Waals surface area contributed by atoms with Crippen molar-refractivity contribution in [2.24, 2.45) is 5.92 Å². The van der Waals surface area contributed by atoms with Crippen molar-refractivity contribution in [1.82, 2.24) is 10.2 Å². The molecule has 3 rings (SSSR count). The highest BCUT2D eigenvalue weighted by molar-refractivity contribution is 4.97. The van der Waals surface area contributed by atoms with Crippen molar-refractivity contribution in [3.63, 3.8) is 0 Å². The van der Waals surface area contributed by atoms with Gasteiger partial charge in [-0.2, -0.15) is 0 Å². The maximum absolute atomic E-state index is 5.97. The number of nitrogens with one attached hydrogen (secondary N) is 1. The lowest BCUT2D eigenvalue weighted by molar-refractivity contribution is -0.194. The van der Waals surface area contributed by atoms with Crippen molar-refractivity contribution >= 4 is 0 Å². The number of likely N-dealkylation sites (tertiary alicyclic amines) is 1. The fourth-order valence-electron chi connectivity index (χ4n) is 4.34. The summed E-state index contributed by atoms with van der Waals surface area (Å²) in [6, 6.07) is 1.16. The maximum atomic E-state index is 5.97. The number of nitrogens with zero attached hydrogens (tertiary/aromatic N) is 1.